The lowest BCUT2D eigenvalue weighted by molar-refractivity contribution is 0.0943. The summed E-state index contributed by atoms with van der Waals surface area (Å²) in [6.45, 7) is 0. The number of benzene rings is 1. The highest BCUT2D eigenvalue weighted by Crippen LogP contribution is 2.17. The third-order valence-electron chi connectivity index (χ3n) is 3.62. The van der Waals surface area contributed by atoms with Crippen molar-refractivity contribution < 1.29 is 13.2 Å². The van der Waals surface area contributed by atoms with Gasteiger partial charge in [-0.05, 0) is 42.8 Å². The molecule has 1 aromatic carbocycles. The minimum Gasteiger partial charge on any atom is -0.359 e. The molecule has 0 radical (unpaired) electrons. The predicted molar refractivity (Wildman–Crippen MR) is 93.6 cm³/mol. The number of carbonyl (C=O) groups is 1. The molecular weight excluding hydrogens is 334 g/mol. The summed E-state index contributed by atoms with van der Waals surface area (Å²) in [5, 5.41) is 3.56. The van der Waals surface area contributed by atoms with Gasteiger partial charge < -0.3 is 5.32 Å². The van der Waals surface area contributed by atoms with Gasteiger partial charge in [0, 0.05) is 17.9 Å². The maximum absolute atomic E-state index is 12.0. The Balaban J connectivity index is 1.82. The first-order chi connectivity index (χ1) is 10.8. The van der Waals surface area contributed by atoms with Crippen LogP contribution >= 0.6 is 12.2 Å². The van der Waals surface area contributed by atoms with Crippen molar-refractivity contribution in [3.63, 3.8) is 0 Å². The quantitative estimate of drug-likeness (QED) is 0.557. The van der Waals surface area contributed by atoms with Crippen LogP contribution in [0.25, 0.3) is 0 Å². The minimum atomic E-state index is -3.08. The van der Waals surface area contributed by atoms with E-state index in [1.54, 1.807) is 24.3 Å². The van der Waals surface area contributed by atoms with Crippen molar-refractivity contribution in [1.29, 1.82) is 0 Å². The third kappa shape index (κ3) is 6.15. The van der Waals surface area contributed by atoms with Crippen molar-refractivity contribution in [3.05, 3.63) is 35.4 Å². The van der Waals surface area contributed by atoms with Crippen LogP contribution in [0.15, 0.2) is 24.3 Å². The van der Waals surface area contributed by atoms with E-state index in [-0.39, 0.29) is 11.7 Å². The summed E-state index contributed by atoms with van der Waals surface area (Å²) < 4.78 is 22.5. The maximum atomic E-state index is 12.0. The molecule has 3 N–H and O–H groups in total. The molecule has 0 heterocycles. The summed E-state index contributed by atoms with van der Waals surface area (Å²) in [5.74, 6) is -0.366. The van der Waals surface area contributed by atoms with Gasteiger partial charge in [-0.25, -0.2) is 8.42 Å². The Labute approximate surface area is 141 Å². The van der Waals surface area contributed by atoms with Gasteiger partial charge in [-0.3, -0.25) is 15.6 Å². The number of amides is 1. The molecule has 0 bridgehead atoms. The first-order valence-corrected chi connectivity index (χ1v) is 9.94. The van der Waals surface area contributed by atoms with Crippen LogP contribution in [-0.2, 0) is 15.6 Å². The van der Waals surface area contributed by atoms with E-state index in [1.165, 1.54) is 19.1 Å². The summed E-state index contributed by atoms with van der Waals surface area (Å²) >= 11 is 5.14. The summed E-state index contributed by atoms with van der Waals surface area (Å²) in [7, 11) is -3.08. The molecule has 1 amide bonds. The first-order valence-electron chi connectivity index (χ1n) is 7.47. The fourth-order valence-corrected chi connectivity index (χ4v) is 3.55. The highest BCUT2D eigenvalue weighted by molar-refractivity contribution is 7.89. The van der Waals surface area contributed by atoms with Crippen LogP contribution in [0, 0.1) is 0 Å². The monoisotopic (exact) mass is 355 g/mol. The number of sulfone groups is 1. The lowest BCUT2D eigenvalue weighted by Crippen LogP contribution is -2.49. The summed E-state index contributed by atoms with van der Waals surface area (Å²) in [5.41, 5.74) is 6.29. The summed E-state index contributed by atoms with van der Waals surface area (Å²) in [6.07, 6.45) is 5.77. The topological polar surface area (TPSA) is 87.3 Å². The molecule has 0 aliphatic heterocycles. The molecule has 0 spiro atoms. The van der Waals surface area contributed by atoms with Gasteiger partial charge in [-0.15, -0.1) is 0 Å². The van der Waals surface area contributed by atoms with Crippen LogP contribution in [0.2, 0.25) is 0 Å². The molecule has 0 unspecified atom stereocenters. The average molecular weight is 355 g/mol. The van der Waals surface area contributed by atoms with E-state index in [9.17, 15) is 13.2 Å². The number of hydrazine groups is 1. The molecule has 126 valence electrons. The second-order valence-corrected chi connectivity index (χ2v) is 8.35. The fraction of sp³-hybridized carbons (Fsp3) is 0.467. The van der Waals surface area contributed by atoms with Gasteiger partial charge in [0.05, 0.1) is 5.75 Å². The first kappa shape index (κ1) is 17.7. The van der Waals surface area contributed by atoms with Crippen LogP contribution < -0.4 is 16.2 Å². The number of carbonyl (C=O) groups excluding carboxylic acids is 1. The number of nitrogens with one attached hydrogen (secondary N) is 3. The molecule has 0 atom stereocenters. The van der Waals surface area contributed by atoms with E-state index in [0.29, 0.717) is 22.3 Å². The molecule has 23 heavy (non-hydrogen) atoms. The van der Waals surface area contributed by atoms with Crippen LogP contribution in [0.5, 0.6) is 0 Å². The van der Waals surface area contributed by atoms with Crippen LogP contribution in [0.1, 0.15) is 41.6 Å². The average Bonchev–Trinajstić information content (AvgIpc) is 2.97. The molecule has 1 aromatic rings. The van der Waals surface area contributed by atoms with Gasteiger partial charge in [0.25, 0.3) is 5.91 Å². The standard InChI is InChI=1S/C15H21N3O3S2/c1-23(20,21)10-11-6-8-12(9-7-11)14(19)17-18-15(22)16-13-4-2-3-5-13/h6-9,13H,2-5,10H2,1H3,(H,17,19)(H2,16,18,22). The van der Waals surface area contributed by atoms with Crippen molar-refractivity contribution in [2.24, 2.45) is 0 Å². The Bertz CT molecular complexity index is 666. The van der Waals surface area contributed by atoms with Crippen LogP contribution in [-0.4, -0.2) is 31.7 Å². The molecule has 0 aromatic heterocycles. The van der Waals surface area contributed by atoms with Gasteiger partial charge in [-0.2, -0.15) is 0 Å². The lowest BCUT2D eigenvalue weighted by Gasteiger charge is -2.16. The Morgan fingerprint density at radius 3 is 2.35 bits per heavy atom. The largest absolute Gasteiger partial charge is 0.359 e. The number of thiocarbonyl (C=S) groups is 1. The predicted octanol–water partition coefficient (Wildman–Crippen LogP) is 1.28. The van der Waals surface area contributed by atoms with Crippen molar-refractivity contribution in [1.82, 2.24) is 16.2 Å². The molecule has 6 nitrogen and oxygen atoms in total. The van der Waals surface area contributed by atoms with Gasteiger partial charge in [0.2, 0.25) is 0 Å². The normalized spacial score (nSPS) is 15.2. The van der Waals surface area contributed by atoms with Gasteiger partial charge in [0.1, 0.15) is 0 Å². The van der Waals surface area contributed by atoms with Crippen molar-refractivity contribution in [3.8, 4) is 0 Å². The molecule has 1 saturated carbocycles. The lowest BCUT2D eigenvalue weighted by atomic mass is 10.1. The van der Waals surface area contributed by atoms with E-state index < -0.39 is 9.84 Å². The van der Waals surface area contributed by atoms with E-state index in [2.05, 4.69) is 16.2 Å². The molecule has 2 rings (SSSR count). The molecule has 1 aliphatic rings. The highest BCUT2D eigenvalue weighted by Gasteiger charge is 2.15. The zero-order valence-corrected chi connectivity index (χ0v) is 14.6. The number of hydrogen-bond acceptors (Lipinski definition) is 4. The molecule has 8 heteroatoms. The SMILES string of the molecule is CS(=O)(=O)Cc1ccc(C(=O)NNC(=S)NC2CCCC2)cc1. The van der Waals surface area contributed by atoms with E-state index >= 15 is 0 Å². The Hall–Kier alpha value is -1.67. The van der Waals surface area contributed by atoms with E-state index in [4.69, 9.17) is 12.2 Å². The van der Waals surface area contributed by atoms with Crippen molar-refractivity contribution >= 4 is 33.1 Å². The van der Waals surface area contributed by atoms with Crippen molar-refractivity contribution in [2.75, 3.05) is 6.26 Å². The highest BCUT2D eigenvalue weighted by atomic mass is 32.2. The molecule has 1 aliphatic carbocycles. The fourth-order valence-electron chi connectivity index (χ4n) is 2.53. The van der Waals surface area contributed by atoms with Gasteiger partial charge >= 0.3 is 0 Å². The molecule has 0 saturated heterocycles. The van der Waals surface area contributed by atoms with Crippen LogP contribution in [0.4, 0.5) is 0 Å². The second-order valence-electron chi connectivity index (χ2n) is 5.80. The minimum absolute atomic E-state index is 0.0391. The smallest absolute Gasteiger partial charge is 0.269 e. The Morgan fingerprint density at radius 2 is 1.78 bits per heavy atom. The molecule has 1 fully saturated rings. The zero-order chi connectivity index (χ0) is 16.9. The van der Waals surface area contributed by atoms with Gasteiger partial charge in [-0.1, -0.05) is 25.0 Å². The zero-order valence-electron chi connectivity index (χ0n) is 13.0. The summed E-state index contributed by atoms with van der Waals surface area (Å²) in [6, 6.07) is 6.81. The summed E-state index contributed by atoms with van der Waals surface area (Å²) in [4.78, 5) is 12.0. The van der Waals surface area contributed by atoms with Crippen molar-refractivity contribution in [2.45, 2.75) is 37.5 Å². The maximum Gasteiger partial charge on any atom is 0.269 e. The van der Waals surface area contributed by atoms with Gasteiger partial charge in [0.15, 0.2) is 14.9 Å². The number of hydrogen-bond donors (Lipinski definition) is 3. The third-order valence-corrected chi connectivity index (χ3v) is 4.70. The Kier molecular flexibility index (Phi) is 5.95. The molecular formula is C15H21N3O3S2. The van der Waals surface area contributed by atoms with E-state index in [1.807, 2.05) is 0 Å². The number of rotatable bonds is 4. The van der Waals surface area contributed by atoms with Crippen LogP contribution in [0.3, 0.4) is 0 Å². The second kappa shape index (κ2) is 7.74. The van der Waals surface area contributed by atoms with E-state index in [0.717, 1.165) is 12.8 Å². The Morgan fingerprint density at radius 1 is 1.17 bits per heavy atom.